The van der Waals surface area contributed by atoms with E-state index in [4.69, 9.17) is 4.84 Å². The summed E-state index contributed by atoms with van der Waals surface area (Å²) in [4.78, 5) is 17.7. The Morgan fingerprint density at radius 3 is 2.17 bits per heavy atom. The van der Waals surface area contributed by atoms with E-state index in [2.05, 4.69) is 15.9 Å². The Morgan fingerprint density at radius 1 is 1.25 bits per heavy atom. The Bertz CT molecular complexity index is 650. The third kappa shape index (κ3) is 3.73. The molecule has 2 rings (SSSR count). The summed E-state index contributed by atoms with van der Waals surface area (Å²) in [5, 5.41) is 13.0. The lowest BCUT2D eigenvalue weighted by Crippen LogP contribution is -2.39. The van der Waals surface area contributed by atoms with Gasteiger partial charge < -0.3 is 9.94 Å². The molecule has 0 spiro atoms. The zero-order chi connectivity index (χ0) is 18.1. The highest BCUT2D eigenvalue weighted by molar-refractivity contribution is 9.10. The van der Waals surface area contributed by atoms with Gasteiger partial charge in [0, 0.05) is 23.0 Å². The summed E-state index contributed by atoms with van der Waals surface area (Å²) in [7, 11) is 1.66. The van der Waals surface area contributed by atoms with Crippen LogP contribution in [0.25, 0.3) is 5.57 Å². The molecule has 1 aliphatic heterocycles. The van der Waals surface area contributed by atoms with Gasteiger partial charge in [-0.05, 0) is 62.4 Å². The molecule has 0 aromatic heterocycles. The molecule has 0 radical (unpaired) electrons. The minimum absolute atomic E-state index is 0.101. The summed E-state index contributed by atoms with van der Waals surface area (Å²) in [6.45, 7) is 8.97. The number of hydroxylamine groups is 2. The van der Waals surface area contributed by atoms with Crippen molar-refractivity contribution < 1.29 is 14.7 Å². The normalized spacial score (nSPS) is 19.1. The standard InChI is InChI=1S/C19H26BrNO3/c1-12-10-15(20)11-13(2)16(12)17(14(3)22)18(23)19(4)6-8-21(24-5)9-7-19/h10-11,23H,6-9H2,1-5H3/b18-17-. The molecular formula is C19H26BrNO3. The Morgan fingerprint density at radius 2 is 1.75 bits per heavy atom. The van der Waals surface area contributed by atoms with Crippen LogP contribution in [0.1, 0.15) is 43.4 Å². The molecule has 132 valence electrons. The van der Waals surface area contributed by atoms with Crippen LogP contribution >= 0.6 is 15.9 Å². The maximum Gasteiger partial charge on any atom is 0.163 e. The van der Waals surface area contributed by atoms with Gasteiger partial charge in [0.05, 0.1) is 12.7 Å². The number of allylic oxidation sites excluding steroid dienone is 2. The third-order valence-electron chi connectivity index (χ3n) is 4.99. The van der Waals surface area contributed by atoms with Crippen LogP contribution in [-0.2, 0) is 9.63 Å². The lowest BCUT2D eigenvalue weighted by Gasteiger charge is -2.38. The molecule has 1 aliphatic rings. The fourth-order valence-corrected chi connectivity index (χ4v) is 4.15. The number of aryl methyl sites for hydroxylation is 2. The average molecular weight is 396 g/mol. The fourth-order valence-electron chi connectivity index (χ4n) is 3.47. The molecule has 1 aromatic carbocycles. The summed E-state index contributed by atoms with van der Waals surface area (Å²) in [5.74, 6) is 0.107. The second-order valence-corrected chi connectivity index (χ2v) is 7.78. The molecule has 0 unspecified atom stereocenters. The van der Waals surface area contributed by atoms with Gasteiger partial charge in [0.2, 0.25) is 0 Å². The maximum absolute atomic E-state index is 12.4. The van der Waals surface area contributed by atoms with Crippen molar-refractivity contribution in [3.05, 3.63) is 39.1 Å². The van der Waals surface area contributed by atoms with Gasteiger partial charge in [-0.15, -0.1) is 0 Å². The number of aliphatic hydroxyl groups excluding tert-OH is 1. The fraction of sp³-hybridized carbons (Fsp3) is 0.526. The molecule has 24 heavy (non-hydrogen) atoms. The number of Topliss-reactive ketones (excluding diaryl/α,β-unsaturated/α-hetero) is 1. The maximum atomic E-state index is 12.4. The van der Waals surface area contributed by atoms with Crippen LogP contribution in [0, 0.1) is 19.3 Å². The number of piperidine rings is 1. The quantitative estimate of drug-likeness (QED) is 0.598. The van der Waals surface area contributed by atoms with E-state index in [1.165, 1.54) is 6.92 Å². The molecule has 1 N–H and O–H groups in total. The van der Waals surface area contributed by atoms with Crippen LogP contribution in [-0.4, -0.2) is 36.2 Å². The topological polar surface area (TPSA) is 49.8 Å². The van der Waals surface area contributed by atoms with E-state index < -0.39 is 5.41 Å². The summed E-state index contributed by atoms with van der Waals surface area (Å²) in [6, 6.07) is 3.96. The minimum Gasteiger partial charge on any atom is -0.511 e. The van der Waals surface area contributed by atoms with Crippen molar-refractivity contribution in [2.45, 2.75) is 40.5 Å². The van der Waals surface area contributed by atoms with Gasteiger partial charge in [0.25, 0.3) is 0 Å². The van der Waals surface area contributed by atoms with Crippen LogP contribution in [0.2, 0.25) is 0 Å². The van der Waals surface area contributed by atoms with Gasteiger partial charge in [0.15, 0.2) is 5.78 Å². The van der Waals surface area contributed by atoms with E-state index in [-0.39, 0.29) is 11.5 Å². The second kappa shape index (κ2) is 7.38. The number of carbonyl (C=O) groups excluding carboxylic acids is 1. The van der Waals surface area contributed by atoms with E-state index in [1.54, 1.807) is 7.11 Å². The van der Waals surface area contributed by atoms with E-state index in [9.17, 15) is 9.90 Å². The van der Waals surface area contributed by atoms with Gasteiger partial charge in [0.1, 0.15) is 5.76 Å². The average Bonchev–Trinajstić information content (AvgIpc) is 2.50. The summed E-state index contributed by atoms with van der Waals surface area (Å²) >= 11 is 3.49. The Balaban J connectivity index is 2.54. The molecular weight excluding hydrogens is 370 g/mol. The number of nitrogens with zero attached hydrogens (tertiary/aromatic N) is 1. The van der Waals surface area contributed by atoms with Crippen molar-refractivity contribution in [3.8, 4) is 0 Å². The van der Waals surface area contributed by atoms with E-state index in [0.29, 0.717) is 5.57 Å². The van der Waals surface area contributed by atoms with Crippen LogP contribution in [0.15, 0.2) is 22.4 Å². The van der Waals surface area contributed by atoms with Crippen molar-refractivity contribution in [2.75, 3.05) is 20.2 Å². The molecule has 0 saturated carbocycles. The number of ketones is 1. The number of hydrogen-bond donors (Lipinski definition) is 1. The lowest BCUT2D eigenvalue weighted by atomic mass is 9.75. The Kier molecular flexibility index (Phi) is 5.89. The first kappa shape index (κ1) is 19.2. The molecule has 1 saturated heterocycles. The lowest BCUT2D eigenvalue weighted by molar-refractivity contribution is -0.156. The highest BCUT2D eigenvalue weighted by atomic mass is 79.9. The number of halogens is 1. The van der Waals surface area contributed by atoms with Crippen LogP contribution in [0.3, 0.4) is 0 Å². The van der Waals surface area contributed by atoms with E-state index in [0.717, 1.165) is 47.1 Å². The number of hydrogen-bond acceptors (Lipinski definition) is 4. The molecule has 0 aliphatic carbocycles. The number of rotatable bonds is 4. The molecule has 1 aromatic rings. The van der Waals surface area contributed by atoms with Crippen LogP contribution in [0.4, 0.5) is 0 Å². The first-order chi connectivity index (χ1) is 11.2. The SMILES string of the molecule is CON1CCC(C)(/C(O)=C(\C(C)=O)c2c(C)cc(Br)cc2C)CC1. The van der Waals surface area contributed by atoms with Gasteiger partial charge in [-0.1, -0.05) is 22.9 Å². The van der Waals surface area contributed by atoms with Gasteiger partial charge in [-0.2, -0.15) is 5.06 Å². The third-order valence-corrected chi connectivity index (χ3v) is 5.45. The molecule has 1 heterocycles. The minimum atomic E-state index is -0.415. The van der Waals surface area contributed by atoms with Gasteiger partial charge >= 0.3 is 0 Å². The number of carbonyl (C=O) groups is 1. The zero-order valence-electron chi connectivity index (χ0n) is 15.1. The zero-order valence-corrected chi connectivity index (χ0v) is 16.7. The van der Waals surface area contributed by atoms with Gasteiger partial charge in [-0.3, -0.25) is 4.79 Å². The molecule has 5 heteroatoms. The largest absolute Gasteiger partial charge is 0.511 e. The van der Waals surface area contributed by atoms with Crippen LogP contribution in [0.5, 0.6) is 0 Å². The predicted octanol–water partition coefficient (Wildman–Crippen LogP) is 4.59. The first-order valence-corrected chi connectivity index (χ1v) is 8.99. The second-order valence-electron chi connectivity index (χ2n) is 6.87. The Hall–Kier alpha value is -1.17. The summed E-state index contributed by atoms with van der Waals surface area (Å²) in [5.41, 5.74) is 2.85. The van der Waals surface area contributed by atoms with E-state index >= 15 is 0 Å². The first-order valence-electron chi connectivity index (χ1n) is 8.20. The highest BCUT2D eigenvalue weighted by Gasteiger charge is 2.37. The molecule has 0 bridgehead atoms. The van der Waals surface area contributed by atoms with Crippen molar-refractivity contribution in [3.63, 3.8) is 0 Å². The highest BCUT2D eigenvalue weighted by Crippen LogP contribution is 2.42. The van der Waals surface area contributed by atoms with Crippen LogP contribution < -0.4 is 0 Å². The molecule has 0 atom stereocenters. The predicted molar refractivity (Wildman–Crippen MR) is 99.8 cm³/mol. The van der Waals surface area contributed by atoms with Gasteiger partial charge in [-0.25, -0.2) is 0 Å². The Labute approximate surface area is 152 Å². The van der Waals surface area contributed by atoms with E-state index in [1.807, 2.05) is 38.0 Å². The molecule has 0 amide bonds. The van der Waals surface area contributed by atoms with Crippen molar-refractivity contribution >= 4 is 27.3 Å². The molecule has 4 nitrogen and oxygen atoms in total. The molecule has 1 fully saturated rings. The monoisotopic (exact) mass is 395 g/mol. The number of benzene rings is 1. The van der Waals surface area contributed by atoms with Crippen molar-refractivity contribution in [1.29, 1.82) is 0 Å². The smallest absolute Gasteiger partial charge is 0.163 e. The summed E-state index contributed by atoms with van der Waals surface area (Å²) in [6.07, 6.45) is 1.50. The summed E-state index contributed by atoms with van der Waals surface area (Å²) < 4.78 is 0.975. The van der Waals surface area contributed by atoms with Crippen molar-refractivity contribution in [1.82, 2.24) is 5.06 Å². The number of aliphatic hydroxyl groups is 1. The van der Waals surface area contributed by atoms with Crippen molar-refractivity contribution in [2.24, 2.45) is 5.41 Å².